The van der Waals surface area contributed by atoms with E-state index in [1.807, 2.05) is 0 Å². The van der Waals surface area contributed by atoms with Crippen LogP contribution in [-0.4, -0.2) is 13.2 Å². The fourth-order valence-electron chi connectivity index (χ4n) is 1.68. The molecule has 0 radical (unpaired) electrons. The number of hydrogen-bond acceptors (Lipinski definition) is 2. The summed E-state index contributed by atoms with van der Waals surface area (Å²) in [5, 5.41) is 0. The predicted molar refractivity (Wildman–Crippen MR) is 48.3 cm³/mol. The summed E-state index contributed by atoms with van der Waals surface area (Å²) in [5.41, 5.74) is 5.84. The molecule has 0 saturated heterocycles. The molecule has 1 heterocycles. The number of ether oxygens (including phenoxy) is 1. The highest BCUT2D eigenvalue weighted by molar-refractivity contribution is 5.42. The predicted octanol–water partition coefficient (Wildman–Crippen LogP) is 1.40. The van der Waals surface area contributed by atoms with E-state index in [2.05, 4.69) is 0 Å². The van der Waals surface area contributed by atoms with Crippen LogP contribution in [0, 0.1) is 11.6 Å². The Kier molecular flexibility index (Phi) is 2.37. The van der Waals surface area contributed by atoms with E-state index in [4.69, 9.17) is 10.5 Å². The average molecular weight is 199 g/mol. The van der Waals surface area contributed by atoms with Gasteiger partial charge in [0.05, 0.1) is 6.61 Å². The van der Waals surface area contributed by atoms with Crippen LogP contribution in [0.5, 0.6) is 5.75 Å². The van der Waals surface area contributed by atoms with Crippen LogP contribution >= 0.6 is 0 Å². The Bertz CT molecular complexity index is 366. The molecule has 0 amide bonds. The second kappa shape index (κ2) is 3.53. The van der Waals surface area contributed by atoms with Crippen molar-refractivity contribution in [1.82, 2.24) is 0 Å². The third kappa shape index (κ3) is 1.35. The van der Waals surface area contributed by atoms with Gasteiger partial charge in [-0.3, -0.25) is 0 Å². The molecule has 2 nitrogen and oxygen atoms in total. The van der Waals surface area contributed by atoms with Crippen molar-refractivity contribution in [3.63, 3.8) is 0 Å². The van der Waals surface area contributed by atoms with Gasteiger partial charge < -0.3 is 10.5 Å². The van der Waals surface area contributed by atoms with Gasteiger partial charge in [0.1, 0.15) is 17.4 Å². The first kappa shape index (κ1) is 9.40. The first-order valence-electron chi connectivity index (χ1n) is 4.56. The molecule has 2 rings (SSSR count). The molecule has 76 valence electrons. The van der Waals surface area contributed by atoms with Crippen molar-refractivity contribution in [3.8, 4) is 5.75 Å². The topological polar surface area (TPSA) is 35.2 Å². The Morgan fingerprint density at radius 3 is 2.93 bits per heavy atom. The molecule has 0 bridgehead atoms. The molecule has 0 unspecified atom stereocenters. The second-order valence-corrected chi connectivity index (χ2v) is 3.26. The van der Waals surface area contributed by atoms with Crippen molar-refractivity contribution in [2.45, 2.75) is 12.8 Å². The molecule has 4 heteroatoms. The highest BCUT2D eigenvalue weighted by Crippen LogP contribution is 2.31. The zero-order valence-corrected chi connectivity index (χ0v) is 7.65. The van der Waals surface area contributed by atoms with Gasteiger partial charge in [-0.2, -0.15) is 0 Å². The van der Waals surface area contributed by atoms with E-state index < -0.39 is 11.6 Å². The van der Waals surface area contributed by atoms with Gasteiger partial charge in [-0.1, -0.05) is 0 Å². The van der Waals surface area contributed by atoms with Crippen LogP contribution in [-0.2, 0) is 12.8 Å². The lowest BCUT2D eigenvalue weighted by molar-refractivity contribution is 0.355. The molecule has 0 spiro atoms. The van der Waals surface area contributed by atoms with Gasteiger partial charge in [0.15, 0.2) is 0 Å². The normalized spacial score (nSPS) is 13.9. The van der Waals surface area contributed by atoms with Gasteiger partial charge in [-0.05, 0) is 13.0 Å². The SMILES string of the molecule is NCCc1c(F)cc2c(c1F)CCO2. The van der Waals surface area contributed by atoms with Crippen molar-refractivity contribution in [3.05, 3.63) is 28.8 Å². The summed E-state index contributed by atoms with van der Waals surface area (Å²) in [5.74, 6) is -0.711. The van der Waals surface area contributed by atoms with E-state index in [9.17, 15) is 8.78 Å². The lowest BCUT2D eigenvalue weighted by atomic mass is 10.0. The molecule has 0 aromatic heterocycles. The summed E-state index contributed by atoms with van der Waals surface area (Å²) in [4.78, 5) is 0. The fraction of sp³-hybridized carbons (Fsp3) is 0.400. The molecule has 2 N–H and O–H groups in total. The Morgan fingerprint density at radius 2 is 2.21 bits per heavy atom. The minimum Gasteiger partial charge on any atom is -0.493 e. The van der Waals surface area contributed by atoms with Gasteiger partial charge in [-0.25, -0.2) is 8.78 Å². The molecule has 1 aromatic rings. The number of halogens is 2. The monoisotopic (exact) mass is 199 g/mol. The van der Waals surface area contributed by atoms with Gasteiger partial charge in [0.25, 0.3) is 0 Å². The molecule has 14 heavy (non-hydrogen) atoms. The molecule has 0 aliphatic carbocycles. The molecule has 0 fully saturated rings. The van der Waals surface area contributed by atoms with E-state index in [0.717, 1.165) is 0 Å². The van der Waals surface area contributed by atoms with Gasteiger partial charge in [0.2, 0.25) is 0 Å². The molecule has 1 aliphatic rings. The van der Waals surface area contributed by atoms with Crippen LogP contribution < -0.4 is 10.5 Å². The van der Waals surface area contributed by atoms with Gasteiger partial charge >= 0.3 is 0 Å². The van der Waals surface area contributed by atoms with Crippen molar-refractivity contribution in [2.24, 2.45) is 5.73 Å². The third-order valence-electron chi connectivity index (χ3n) is 2.38. The summed E-state index contributed by atoms with van der Waals surface area (Å²) in [7, 11) is 0. The highest BCUT2D eigenvalue weighted by atomic mass is 19.1. The fourth-order valence-corrected chi connectivity index (χ4v) is 1.68. The number of hydrogen-bond donors (Lipinski definition) is 1. The molecule has 1 aliphatic heterocycles. The summed E-state index contributed by atoms with van der Waals surface area (Å²) >= 11 is 0. The average Bonchev–Trinajstić information content (AvgIpc) is 2.60. The second-order valence-electron chi connectivity index (χ2n) is 3.26. The van der Waals surface area contributed by atoms with E-state index in [1.165, 1.54) is 6.07 Å². The lowest BCUT2D eigenvalue weighted by Gasteiger charge is -2.07. The standard InChI is InChI=1S/C10H11F2NO/c11-8-5-9-7(2-4-14-9)10(12)6(8)1-3-13/h5H,1-4,13H2. The third-order valence-corrected chi connectivity index (χ3v) is 2.38. The van der Waals surface area contributed by atoms with Crippen molar-refractivity contribution in [1.29, 1.82) is 0 Å². The van der Waals surface area contributed by atoms with Crippen LogP contribution in [0.1, 0.15) is 11.1 Å². The van der Waals surface area contributed by atoms with E-state index >= 15 is 0 Å². The Hall–Kier alpha value is -1.16. The van der Waals surface area contributed by atoms with E-state index in [0.29, 0.717) is 24.3 Å². The summed E-state index contributed by atoms with van der Waals surface area (Å²) in [6, 6.07) is 1.25. The maximum Gasteiger partial charge on any atom is 0.136 e. The van der Waals surface area contributed by atoms with Crippen molar-refractivity contribution >= 4 is 0 Å². The first-order valence-corrected chi connectivity index (χ1v) is 4.56. The number of rotatable bonds is 2. The quantitative estimate of drug-likeness (QED) is 0.781. The summed E-state index contributed by atoms with van der Waals surface area (Å²) in [6.45, 7) is 0.672. The number of benzene rings is 1. The first-order chi connectivity index (χ1) is 6.74. The Morgan fingerprint density at radius 1 is 1.43 bits per heavy atom. The van der Waals surface area contributed by atoms with Crippen LogP contribution in [0.2, 0.25) is 0 Å². The highest BCUT2D eigenvalue weighted by Gasteiger charge is 2.22. The largest absolute Gasteiger partial charge is 0.493 e. The zero-order valence-electron chi connectivity index (χ0n) is 7.65. The molecule has 0 saturated carbocycles. The lowest BCUT2D eigenvalue weighted by Crippen LogP contribution is -2.08. The van der Waals surface area contributed by atoms with Crippen molar-refractivity contribution < 1.29 is 13.5 Å². The smallest absolute Gasteiger partial charge is 0.136 e. The van der Waals surface area contributed by atoms with Crippen LogP contribution in [0.3, 0.4) is 0 Å². The van der Waals surface area contributed by atoms with Crippen LogP contribution in [0.25, 0.3) is 0 Å². The summed E-state index contributed by atoms with van der Waals surface area (Å²) in [6.07, 6.45) is 0.740. The Labute approximate surface area is 80.7 Å². The van der Waals surface area contributed by atoms with Gasteiger partial charge in [-0.15, -0.1) is 0 Å². The molecule has 0 atom stereocenters. The minimum absolute atomic E-state index is 0.0803. The minimum atomic E-state index is -0.561. The van der Waals surface area contributed by atoms with Gasteiger partial charge in [0, 0.05) is 23.6 Å². The number of fused-ring (bicyclic) bond motifs is 1. The van der Waals surface area contributed by atoms with Crippen molar-refractivity contribution in [2.75, 3.05) is 13.2 Å². The molecular formula is C10H11F2NO. The molecule has 1 aromatic carbocycles. The molecular weight excluding hydrogens is 188 g/mol. The zero-order chi connectivity index (χ0) is 10.1. The van der Waals surface area contributed by atoms with Crippen LogP contribution in [0.15, 0.2) is 6.07 Å². The number of nitrogens with two attached hydrogens (primary N) is 1. The van der Waals surface area contributed by atoms with E-state index in [1.54, 1.807) is 0 Å². The Balaban J connectivity index is 2.51. The maximum atomic E-state index is 13.6. The maximum absolute atomic E-state index is 13.6. The van der Waals surface area contributed by atoms with Crippen LogP contribution in [0.4, 0.5) is 8.78 Å². The summed E-state index contributed by atoms with van der Waals surface area (Å²) < 4.78 is 32.0. The van der Waals surface area contributed by atoms with E-state index in [-0.39, 0.29) is 18.5 Å².